The lowest BCUT2D eigenvalue weighted by Crippen LogP contribution is -2.40. The van der Waals surface area contributed by atoms with Crippen LogP contribution in [0.3, 0.4) is 0 Å². The van der Waals surface area contributed by atoms with Crippen LogP contribution in [0.1, 0.15) is 22.8 Å². The molecule has 4 aromatic rings. The highest BCUT2D eigenvalue weighted by molar-refractivity contribution is 6.08. The Hall–Kier alpha value is -4.73. The lowest BCUT2D eigenvalue weighted by Gasteiger charge is -2.21. The quantitative estimate of drug-likeness (QED) is 0.399. The summed E-state index contributed by atoms with van der Waals surface area (Å²) in [5, 5.41) is 12.0. The van der Waals surface area contributed by atoms with Crippen LogP contribution in [0.5, 0.6) is 0 Å². The van der Waals surface area contributed by atoms with Crippen LogP contribution in [0.4, 0.5) is 14.9 Å². The topological polar surface area (TPSA) is 110 Å². The molecule has 0 aliphatic carbocycles. The van der Waals surface area contributed by atoms with Gasteiger partial charge in [0.15, 0.2) is 5.82 Å². The van der Waals surface area contributed by atoms with Crippen LogP contribution < -0.4 is 16.0 Å². The van der Waals surface area contributed by atoms with Crippen molar-refractivity contribution < 1.29 is 18.8 Å². The maximum atomic E-state index is 13.4. The van der Waals surface area contributed by atoms with Crippen molar-refractivity contribution in [2.75, 3.05) is 5.32 Å². The van der Waals surface area contributed by atoms with Gasteiger partial charge in [0.1, 0.15) is 16.9 Å². The Bertz CT molecular complexity index is 1390. The van der Waals surface area contributed by atoms with Gasteiger partial charge in [0, 0.05) is 18.1 Å². The summed E-state index contributed by atoms with van der Waals surface area (Å²) in [6.07, 6.45) is 5.01. The molecule has 1 unspecified atom stereocenters. The number of halogens is 1. The van der Waals surface area contributed by atoms with E-state index in [2.05, 4.69) is 21.0 Å². The maximum Gasteiger partial charge on any atom is 0.322 e. The zero-order chi connectivity index (χ0) is 23.9. The van der Waals surface area contributed by atoms with Crippen LogP contribution >= 0.6 is 0 Å². The molecule has 1 aliphatic heterocycles. The average molecular weight is 458 g/mol. The molecule has 0 radical (unpaired) electrons. The van der Waals surface area contributed by atoms with E-state index in [1.54, 1.807) is 65.0 Å². The van der Waals surface area contributed by atoms with Gasteiger partial charge in [0.05, 0.1) is 11.9 Å². The Morgan fingerprint density at radius 1 is 1.03 bits per heavy atom. The number of carbonyl (C=O) groups is 3. The summed E-state index contributed by atoms with van der Waals surface area (Å²) in [5.41, 5.74) is 0.788. The molecule has 34 heavy (non-hydrogen) atoms. The van der Waals surface area contributed by atoms with E-state index in [4.69, 9.17) is 0 Å². The lowest BCUT2D eigenvalue weighted by molar-refractivity contribution is -0.123. The van der Waals surface area contributed by atoms with Gasteiger partial charge in [-0.3, -0.25) is 14.9 Å². The Morgan fingerprint density at radius 2 is 1.71 bits per heavy atom. The van der Waals surface area contributed by atoms with Crippen molar-refractivity contribution in [3.05, 3.63) is 96.2 Å². The van der Waals surface area contributed by atoms with E-state index >= 15 is 0 Å². The fourth-order valence-corrected chi connectivity index (χ4v) is 3.83. The van der Waals surface area contributed by atoms with Crippen molar-refractivity contribution in [3.63, 3.8) is 0 Å². The first-order valence-corrected chi connectivity index (χ1v) is 10.4. The Labute approximate surface area is 193 Å². The minimum absolute atomic E-state index is 0.305. The molecule has 0 spiro atoms. The minimum atomic E-state index is -1.18. The molecule has 0 bridgehead atoms. The predicted molar refractivity (Wildman–Crippen MR) is 121 cm³/mol. The largest absolute Gasteiger partial charge is 0.322 e. The highest BCUT2D eigenvalue weighted by Crippen LogP contribution is 2.26. The van der Waals surface area contributed by atoms with Crippen molar-refractivity contribution in [1.29, 1.82) is 0 Å². The second kappa shape index (κ2) is 8.00. The Morgan fingerprint density at radius 3 is 2.32 bits per heavy atom. The fourth-order valence-electron chi connectivity index (χ4n) is 3.83. The smallest absolute Gasteiger partial charge is 0.322 e. The number of nitrogens with one attached hydrogen (secondary N) is 3. The zero-order valence-electron chi connectivity index (χ0n) is 17.9. The number of amides is 4. The number of rotatable bonds is 5. The first kappa shape index (κ1) is 21.1. The van der Waals surface area contributed by atoms with E-state index in [0.29, 0.717) is 28.3 Å². The van der Waals surface area contributed by atoms with Gasteiger partial charge in [0.2, 0.25) is 0 Å². The molecule has 1 saturated heterocycles. The molecule has 170 valence electrons. The molecule has 1 atom stereocenters. The molecule has 10 heteroatoms. The van der Waals surface area contributed by atoms with Crippen molar-refractivity contribution in [3.8, 4) is 11.5 Å². The predicted octanol–water partition coefficient (Wildman–Crippen LogP) is 3.11. The van der Waals surface area contributed by atoms with Crippen LogP contribution in [0, 0.1) is 5.82 Å². The molecule has 3 N–H and O–H groups in total. The summed E-state index contributed by atoms with van der Waals surface area (Å²) < 4.78 is 16.7. The molecule has 4 amide bonds. The van der Waals surface area contributed by atoms with Crippen molar-refractivity contribution in [1.82, 2.24) is 25.0 Å². The van der Waals surface area contributed by atoms with E-state index < -0.39 is 23.4 Å². The standard InChI is InChI=1S/C24H19FN6O3/c1-24(22(33)28-23(34)29-24)15-4-8-17(9-5-15)27-20(32)19-14-26-31(18-10-6-16(25)7-11-18)21(19)30-12-2-3-13-30/h2-14H,1H3,(H,27,32)(H2,28,29,33,34). The van der Waals surface area contributed by atoms with Crippen LogP contribution in [-0.4, -0.2) is 32.2 Å². The lowest BCUT2D eigenvalue weighted by atomic mass is 9.92. The first-order chi connectivity index (χ1) is 16.3. The molecular weight excluding hydrogens is 439 g/mol. The number of anilines is 1. The van der Waals surface area contributed by atoms with Crippen LogP contribution in [0.2, 0.25) is 0 Å². The van der Waals surface area contributed by atoms with Crippen molar-refractivity contribution in [2.45, 2.75) is 12.5 Å². The second-order valence-corrected chi connectivity index (χ2v) is 7.93. The third-order valence-electron chi connectivity index (χ3n) is 5.67. The number of hydrogen-bond donors (Lipinski definition) is 3. The summed E-state index contributed by atoms with van der Waals surface area (Å²) >= 11 is 0. The summed E-state index contributed by atoms with van der Waals surface area (Å²) in [6.45, 7) is 1.61. The van der Waals surface area contributed by atoms with E-state index in [1.807, 2.05) is 12.1 Å². The molecule has 2 aromatic heterocycles. The van der Waals surface area contributed by atoms with Crippen molar-refractivity contribution >= 4 is 23.5 Å². The van der Waals surface area contributed by atoms with Gasteiger partial charge in [-0.05, 0) is 61.0 Å². The van der Waals surface area contributed by atoms with E-state index in [9.17, 15) is 18.8 Å². The average Bonchev–Trinajstić information content (AvgIpc) is 3.54. The normalized spacial score (nSPS) is 17.4. The fraction of sp³-hybridized carbons (Fsp3) is 0.0833. The SMILES string of the molecule is CC1(c2ccc(NC(=O)c3cnn(-c4ccc(F)cc4)c3-n3cccc3)cc2)NC(=O)NC1=O. The van der Waals surface area contributed by atoms with Gasteiger partial charge < -0.3 is 15.2 Å². The van der Waals surface area contributed by atoms with E-state index in [0.717, 1.165) is 0 Å². The van der Waals surface area contributed by atoms with Crippen molar-refractivity contribution in [2.24, 2.45) is 0 Å². The third-order valence-corrected chi connectivity index (χ3v) is 5.67. The highest BCUT2D eigenvalue weighted by atomic mass is 19.1. The molecule has 0 saturated carbocycles. The second-order valence-electron chi connectivity index (χ2n) is 7.93. The highest BCUT2D eigenvalue weighted by Gasteiger charge is 2.43. The van der Waals surface area contributed by atoms with Gasteiger partial charge in [-0.1, -0.05) is 12.1 Å². The molecular formula is C24H19FN6O3. The van der Waals surface area contributed by atoms with Gasteiger partial charge in [-0.15, -0.1) is 0 Å². The van der Waals surface area contributed by atoms with Gasteiger partial charge in [-0.25, -0.2) is 13.9 Å². The van der Waals surface area contributed by atoms with Crippen LogP contribution in [0.25, 0.3) is 11.5 Å². The number of imide groups is 1. The number of carbonyl (C=O) groups excluding carboxylic acids is 3. The number of nitrogens with zero attached hydrogens (tertiary/aromatic N) is 3. The number of benzene rings is 2. The molecule has 5 rings (SSSR count). The molecule has 9 nitrogen and oxygen atoms in total. The maximum absolute atomic E-state index is 13.4. The molecule has 1 fully saturated rings. The summed E-state index contributed by atoms with van der Waals surface area (Å²) in [6, 6.07) is 15.5. The summed E-state index contributed by atoms with van der Waals surface area (Å²) in [4.78, 5) is 36.8. The van der Waals surface area contributed by atoms with E-state index in [1.165, 1.54) is 18.3 Å². The molecule has 2 aromatic carbocycles. The Balaban J connectivity index is 1.44. The first-order valence-electron chi connectivity index (χ1n) is 10.4. The van der Waals surface area contributed by atoms with Gasteiger partial charge in [0.25, 0.3) is 11.8 Å². The number of aromatic nitrogens is 3. The number of urea groups is 1. The van der Waals surface area contributed by atoms with Crippen LogP contribution in [0.15, 0.2) is 79.3 Å². The summed E-state index contributed by atoms with van der Waals surface area (Å²) in [5.74, 6) is -0.728. The minimum Gasteiger partial charge on any atom is -0.322 e. The molecule has 3 heterocycles. The molecule has 1 aliphatic rings. The monoisotopic (exact) mass is 458 g/mol. The van der Waals surface area contributed by atoms with Crippen LogP contribution in [-0.2, 0) is 10.3 Å². The Kier molecular flexibility index (Phi) is 4.97. The van der Waals surface area contributed by atoms with E-state index in [-0.39, 0.29) is 5.82 Å². The third kappa shape index (κ3) is 3.60. The van der Waals surface area contributed by atoms with Gasteiger partial charge in [-0.2, -0.15) is 5.10 Å². The zero-order valence-corrected chi connectivity index (χ0v) is 17.9. The van der Waals surface area contributed by atoms with Gasteiger partial charge >= 0.3 is 6.03 Å². The summed E-state index contributed by atoms with van der Waals surface area (Å²) in [7, 11) is 0. The number of hydrogen-bond acceptors (Lipinski definition) is 4.